The van der Waals surface area contributed by atoms with Crippen molar-refractivity contribution in [1.82, 2.24) is 24.4 Å². The average Bonchev–Trinajstić information content (AvgIpc) is 2.98. The molecule has 0 aliphatic carbocycles. The van der Waals surface area contributed by atoms with Gasteiger partial charge in [0.15, 0.2) is 5.65 Å². The van der Waals surface area contributed by atoms with Crippen LogP contribution in [0.2, 0.25) is 25.7 Å². The monoisotopic (exact) mass is 367 g/mol. The zero-order valence-corrected chi connectivity index (χ0v) is 15.0. The summed E-state index contributed by atoms with van der Waals surface area (Å²) in [6, 6.07) is 5.10. The van der Waals surface area contributed by atoms with Crippen LogP contribution in [-0.4, -0.2) is 39.1 Å². The van der Waals surface area contributed by atoms with Crippen LogP contribution < -0.4 is 0 Å². The lowest BCUT2D eigenvalue weighted by atomic mass is 10.5. The van der Waals surface area contributed by atoms with E-state index in [4.69, 9.17) is 4.74 Å². The quantitative estimate of drug-likeness (QED) is 0.513. The maximum Gasteiger partial charge on any atom is 0.207 e. The summed E-state index contributed by atoms with van der Waals surface area (Å²) in [5.41, 5.74) is 2.45. The van der Waals surface area contributed by atoms with Crippen molar-refractivity contribution < 1.29 is 4.74 Å². The molecule has 112 valence electrons. The predicted octanol–water partition coefficient (Wildman–Crippen LogP) is 3.15. The molecule has 0 atom stereocenters. The number of nitrogens with zero attached hydrogens (tertiary/aromatic N) is 5. The molecule has 6 nitrogen and oxygen atoms in total. The van der Waals surface area contributed by atoms with E-state index in [2.05, 4.69) is 50.9 Å². The molecule has 0 spiro atoms. The average molecular weight is 368 g/mol. The van der Waals surface area contributed by atoms with Crippen LogP contribution in [-0.2, 0) is 11.5 Å². The standard InChI is InChI=1S/C13H18BrN5OSi/c1-21(2,3)7-6-20-9-18-12-13(16-17-18)19-10(8-15-12)4-5-11(19)14/h4-5,8H,6-7,9H2,1-3H3. The van der Waals surface area contributed by atoms with E-state index in [1.165, 1.54) is 0 Å². The summed E-state index contributed by atoms with van der Waals surface area (Å²) in [5, 5.41) is 8.37. The molecule has 0 bridgehead atoms. The van der Waals surface area contributed by atoms with E-state index in [0.717, 1.165) is 34.1 Å². The molecular weight excluding hydrogens is 350 g/mol. The molecule has 0 aromatic carbocycles. The summed E-state index contributed by atoms with van der Waals surface area (Å²) in [6.45, 7) is 8.15. The first-order valence-electron chi connectivity index (χ1n) is 6.89. The van der Waals surface area contributed by atoms with Gasteiger partial charge >= 0.3 is 0 Å². The first kappa shape index (κ1) is 14.7. The topological polar surface area (TPSA) is 57.2 Å². The Labute approximate surface area is 132 Å². The lowest BCUT2D eigenvalue weighted by molar-refractivity contribution is 0.0799. The van der Waals surface area contributed by atoms with Gasteiger partial charge in [0, 0.05) is 14.7 Å². The van der Waals surface area contributed by atoms with Gasteiger partial charge in [0.2, 0.25) is 5.65 Å². The molecule has 0 saturated heterocycles. The Balaban J connectivity index is 1.81. The number of hydrogen-bond donors (Lipinski definition) is 0. The van der Waals surface area contributed by atoms with E-state index in [1.807, 2.05) is 22.7 Å². The van der Waals surface area contributed by atoms with E-state index >= 15 is 0 Å². The molecule has 3 rings (SSSR count). The van der Waals surface area contributed by atoms with Crippen molar-refractivity contribution >= 4 is 40.8 Å². The Morgan fingerprint density at radius 2 is 2.05 bits per heavy atom. The Morgan fingerprint density at radius 1 is 1.24 bits per heavy atom. The van der Waals surface area contributed by atoms with Crippen LogP contribution in [0, 0.1) is 0 Å². The summed E-state index contributed by atoms with van der Waals surface area (Å²) >= 11 is 3.51. The van der Waals surface area contributed by atoms with Crippen LogP contribution in [0.5, 0.6) is 0 Å². The van der Waals surface area contributed by atoms with Crippen LogP contribution in [0.15, 0.2) is 22.9 Å². The molecule has 0 N–H and O–H groups in total. The van der Waals surface area contributed by atoms with Gasteiger partial charge in [-0.05, 0) is 34.1 Å². The highest BCUT2D eigenvalue weighted by atomic mass is 79.9. The normalized spacial score (nSPS) is 12.6. The second-order valence-electron chi connectivity index (χ2n) is 6.26. The van der Waals surface area contributed by atoms with Gasteiger partial charge in [-0.2, -0.15) is 4.68 Å². The number of rotatable bonds is 5. The molecular formula is C13H18BrN5OSi. The largest absolute Gasteiger partial charge is 0.359 e. The van der Waals surface area contributed by atoms with Crippen LogP contribution in [0.1, 0.15) is 0 Å². The second kappa shape index (κ2) is 5.51. The van der Waals surface area contributed by atoms with Crippen molar-refractivity contribution in [3.8, 4) is 0 Å². The zero-order valence-electron chi connectivity index (χ0n) is 12.4. The summed E-state index contributed by atoms with van der Waals surface area (Å²) in [6.07, 6.45) is 1.81. The first-order valence-corrected chi connectivity index (χ1v) is 11.4. The Bertz CT molecular complexity index is 776. The molecule has 0 saturated carbocycles. The van der Waals surface area contributed by atoms with Gasteiger partial charge in [-0.3, -0.25) is 4.40 Å². The molecule has 3 heterocycles. The Kier molecular flexibility index (Phi) is 3.85. The molecule has 0 aliphatic heterocycles. The lowest BCUT2D eigenvalue weighted by Crippen LogP contribution is -2.22. The summed E-state index contributed by atoms with van der Waals surface area (Å²) < 4.78 is 10.3. The van der Waals surface area contributed by atoms with Crippen molar-refractivity contribution in [3.63, 3.8) is 0 Å². The van der Waals surface area contributed by atoms with Gasteiger partial charge in [-0.25, -0.2) is 4.98 Å². The molecule has 3 aromatic rings. The number of fused-ring (bicyclic) bond motifs is 3. The minimum atomic E-state index is -1.06. The van der Waals surface area contributed by atoms with Gasteiger partial charge in [-0.1, -0.05) is 24.9 Å². The SMILES string of the molecule is C[Si](C)(C)CCOCn1nnc2c1ncc1ccc(Br)n12. The lowest BCUT2D eigenvalue weighted by Gasteiger charge is -2.15. The molecule has 0 fully saturated rings. The van der Waals surface area contributed by atoms with Gasteiger partial charge in [-0.15, -0.1) is 5.10 Å². The maximum absolute atomic E-state index is 5.72. The Hall–Kier alpha value is -1.25. The highest BCUT2D eigenvalue weighted by Crippen LogP contribution is 2.20. The second-order valence-corrected chi connectivity index (χ2v) is 12.7. The number of ether oxygens (including phenoxy) is 1. The molecule has 3 aromatic heterocycles. The van der Waals surface area contributed by atoms with Crippen LogP contribution in [0.4, 0.5) is 0 Å². The molecule has 21 heavy (non-hydrogen) atoms. The Morgan fingerprint density at radius 3 is 2.81 bits per heavy atom. The van der Waals surface area contributed by atoms with E-state index in [0.29, 0.717) is 6.73 Å². The van der Waals surface area contributed by atoms with Crippen molar-refractivity contribution in [2.24, 2.45) is 0 Å². The van der Waals surface area contributed by atoms with Crippen LogP contribution in [0.3, 0.4) is 0 Å². The smallest absolute Gasteiger partial charge is 0.207 e. The molecule has 0 aliphatic rings. The first-order chi connectivity index (χ1) is 9.96. The fraction of sp³-hybridized carbons (Fsp3) is 0.462. The minimum absolute atomic E-state index is 0.387. The van der Waals surface area contributed by atoms with Crippen molar-refractivity contribution in [1.29, 1.82) is 0 Å². The summed E-state index contributed by atoms with van der Waals surface area (Å²) in [5.74, 6) is 0. The number of hydrogen-bond acceptors (Lipinski definition) is 4. The third-order valence-electron chi connectivity index (χ3n) is 3.30. The highest BCUT2D eigenvalue weighted by molar-refractivity contribution is 9.10. The van der Waals surface area contributed by atoms with Crippen LogP contribution >= 0.6 is 15.9 Å². The molecule has 0 radical (unpaired) electrons. The third-order valence-corrected chi connectivity index (χ3v) is 5.62. The van der Waals surface area contributed by atoms with E-state index in [1.54, 1.807) is 4.68 Å². The molecule has 0 amide bonds. The van der Waals surface area contributed by atoms with Crippen LogP contribution in [0.25, 0.3) is 16.8 Å². The fourth-order valence-corrected chi connectivity index (χ4v) is 3.32. The fourth-order valence-electron chi connectivity index (χ4n) is 2.06. The van der Waals surface area contributed by atoms with Gasteiger partial charge in [0.05, 0.1) is 16.3 Å². The highest BCUT2D eigenvalue weighted by Gasteiger charge is 2.14. The maximum atomic E-state index is 5.72. The predicted molar refractivity (Wildman–Crippen MR) is 88.1 cm³/mol. The zero-order chi connectivity index (χ0) is 15.0. The summed E-state index contributed by atoms with van der Waals surface area (Å²) in [7, 11) is -1.06. The van der Waals surface area contributed by atoms with Crippen molar-refractivity contribution in [3.05, 3.63) is 22.9 Å². The van der Waals surface area contributed by atoms with Gasteiger partial charge in [0.1, 0.15) is 6.73 Å². The van der Waals surface area contributed by atoms with E-state index in [-0.39, 0.29) is 0 Å². The minimum Gasteiger partial charge on any atom is -0.359 e. The summed E-state index contributed by atoms with van der Waals surface area (Å²) in [4.78, 5) is 4.44. The van der Waals surface area contributed by atoms with Gasteiger partial charge < -0.3 is 4.74 Å². The van der Waals surface area contributed by atoms with Gasteiger partial charge in [0.25, 0.3) is 0 Å². The van der Waals surface area contributed by atoms with E-state index < -0.39 is 8.07 Å². The van der Waals surface area contributed by atoms with E-state index in [9.17, 15) is 0 Å². The molecule has 0 unspecified atom stereocenters. The number of aromatic nitrogens is 5. The number of halogens is 1. The third kappa shape index (κ3) is 3.02. The van der Waals surface area contributed by atoms with Crippen molar-refractivity contribution in [2.75, 3.05) is 6.61 Å². The van der Waals surface area contributed by atoms with Crippen molar-refractivity contribution in [2.45, 2.75) is 32.4 Å². The molecule has 8 heteroatoms.